The van der Waals surface area contributed by atoms with E-state index in [2.05, 4.69) is 18.7 Å². The fourth-order valence-electron chi connectivity index (χ4n) is 2.53. The van der Waals surface area contributed by atoms with Crippen LogP contribution in [0.5, 0.6) is 5.75 Å². The molecule has 0 aromatic heterocycles. The molecule has 2 rings (SSSR count). The molecular formula is C16H25NO3. The molecule has 1 aliphatic rings. The van der Waals surface area contributed by atoms with Crippen LogP contribution in [0.25, 0.3) is 0 Å². The number of hydrogen-bond donors (Lipinski definition) is 1. The number of ether oxygens (including phenoxy) is 2. The summed E-state index contributed by atoms with van der Waals surface area (Å²) in [6.45, 7) is 9.58. The number of benzene rings is 1. The lowest BCUT2D eigenvalue weighted by atomic mass is 10.1. The fraction of sp³-hybridized carbons (Fsp3) is 0.625. The lowest BCUT2D eigenvalue weighted by molar-refractivity contribution is -0.0567. The Bertz CT molecular complexity index is 434. The van der Waals surface area contributed by atoms with Crippen LogP contribution in [0.3, 0.4) is 0 Å². The number of hydrogen-bond acceptors (Lipinski definition) is 4. The van der Waals surface area contributed by atoms with Gasteiger partial charge < -0.3 is 14.6 Å². The fourth-order valence-corrected chi connectivity index (χ4v) is 2.53. The van der Waals surface area contributed by atoms with Gasteiger partial charge in [-0.25, -0.2) is 0 Å². The molecule has 1 N–H and O–H groups in total. The summed E-state index contributed by atoms with van der Waals surface area (Å²) in [5.74, 6) is 0.792. The molecule has 1 atom stereocenters. The first-order valence-corrected chi connectivity index (χ1v) is 7.29. The normalized spacial score (nSPS) is 20.4. The van der Waals surface area contributed by atoms with Crippen molar-refractivity contribution in [2.75, 3.05) is 26.3 Å². The molecule has 0 bridgehead atoms. The highest BCUT2D eigenvalue weighted by molar-refractivity contribution is 5.40. The number of aliphatic hydroxyl groups excluding tert-OH is 1. The zero-order chi connectivity index (χ0) is 14.5. The molecule has 0 radical (unpaired) electrons. The first kappa shape index (κ1) is 15.3. The van der Waals surface area contributed by atoms with E-state index in [9.17, 15) is 5.11 Å². The SMILES string of the molecule is Cc1cccc(CO)c1OCC1CN(C(C)C)CCO1. The lowest BCUT2D eigenvalue weighted by Crippen LogP contribution is -2.47. The molecule has 20 heavy (non-hydrogen) atoms. The minimum absolute atomic E-state index is 0.000651. The molecule has 1 saturated heterocycles. The van der Waals surface area contributed by atoms with Crippen LogP contribution >= 0.6 is 0 Å². The van der Waals surface area contributed by atoms with Crippen molar-refractivity contribution in [3.63, 3.8) is 0 Å². The van der Waals surface area contributed by atoms with Crippen molar-refractivity contribution in [2.24, 2.45) is 0 Å². The van der Waals surface area contributed by atoms with E-state index in [0.29, 0.717) is 12.6 Å². The van der Waals surface area contributed by atoms with E-state index >= 15 is 0 Å². The minimum Gasteiger partial charge on any atom is -0.490 e. The van der Waals surface area contributed by atoms with Gasteiger partial charge in [-0.15, -0.1) is 0 Å². The van der Waals surface area contributed by atoms with Gasteiger partial charge in [-0.3, -0.25) is 4.90 Å². The Morgan fingerprint density at radius 1 is 1.45 bits per heavy atom. The van der Waals surface area contributed by atoms with Crippen LogP contribution < -0.4 is 4.74 Å². The van der Waals surface area contributed by atoms with E-state index in [1.54, 1.807) is 0 Å². The summed E-state index contributed by atoms with van der Waals surface area (Å²) in [4.78, 5) is 2.41. The topological polar surface area (TPSA) is 41.9 Å². The van der Waals surface area contributed by atoms with E-state index in [1.807, 2.05) is 25.1 Å². The van der Waals surface area contributed by atoms with E-state index in [4.69, 9.17) is 9.47 Å². The number of morpholine rings is 1. The van der Waals surface area contributed by atoms with E-state index in [-0.39, 0.29) is 12.7 Å². The van der Waals surface area contributed by atoms with E-state index in [0.717, 1.165) is 36.6 Å². The highest BCUT2D eigenvalue weighted by Gasteiger charge is 2.23. The molecule has 1 aliphatic heterocycles. The van der Waals surface area contributed by atoms with Gasteiger partial charge in [-0.1, -0.05) is 18.2 Å². The highest BCUT2D eigenvalue weighted by Crippen LogP contribution is 2.24. The summed E-state index contributed by atoms with van der Waals surface area (Å²) in [5.41, 5.74) is 1.88. The van der Waals surface area contributed by atoms with Gasteiger partial charge in [0.25, 0.3) is 0 Å². The maximum atomic E-state index is 9.38. The predicted molar refractivity (Wildman–Crippen MR) is 79.0 cm³/mol. The van der Waals surface area contributed by atoms with Gasteiger partial charge >= 0.3 is 0 Å². The van der Waals surface area contributed by atoms with Crippen LogP contribution in [0.15, 0.2) is 18.2 Å². The summed E-state index contributed by atoms with van der Waals surface area (Å²) >= 11 is 0. The zero-order valence-corrected chi connectivity index (χ0v) is 12.6. The molecular weight excluding hydrogens is 254 g/mol. The van der Waals surface area contributed by atoms with Gasteiger partial charge in [-0.2, -0.15) is 0 Å². The quantitative estimate of drug-likeness (QED) is 0.895. The summed E-state index contributed by atoms with van der Waals surface area (Å²) in [7, 11) is 0. The van der Waals surface area contributed by atoms with Crippen LogP contribution in [0, 0.1) is 6.92 Å². The van der Waals surface area contributed by atoms with E-state index < -0.39 is 0 Å². The van der Waals surface area contributed by atoms with Crippen LogP contribution in [-0.4, -0.2) is 48.5 Å². The average Bonchev–Trinajstić information content (AvgIpc) is 2.46. The smallest absolute Gasteiger partial charge is 0.127 e. The Balaban J connectivity index is 1.95. The van der Waals surface area contributed by atoms with Crippen LogP contribution in [0.1, 0.15) is 25.0 Å². The Morgan fingerprint density at radius 3 is 2.95 bits per heavy atom. The van der Waals surface area contributed by atoms with Crippen LogP contribution in [0.4, 0.5) is 0 Å². The van der Waals surface area contributed by atoms with Gasteiger partial charge in [0.05, 0.1) is 13.2 Å². The first-order chi connectivity index (χ1) is 9.61. The van der Waals surface area contributed by atoms with Gasteiger partial charge in [0.2, 0.25) is 0 Å². The number of aryl methyl sites for hydroxylation is 1. The summed E-state index contributed by atoms with van der Waals surface area (Å²) < 4.78 is 11.7. The summed E-state index contributed by atoms with van der Waals surface area (Å²) in [5, 5.41) is 9.38. The standard InChI is InChI=1S/C16H25NO3/c1-12(2)17-7-8-19-15(9-17)11-20-16-13(3)5-4-6-14(16)10-18/h4-6,12,15,18H,7-11H2,1-3H3. The monoisotopic (exact) mass is 279 g/mol. The number of nitrogens with zero attached hydrogens (tertiary/aromatic N) is 1. The molecule has 1 heterocycles. The van der Waals surface area contributed by atoms with Crippen LogP contribution in [-0.2, 0) is 11.3 Å². The van der Waals surface area contributed by atoms with Gasteiger partial charge in [-0.05, 0) is 26.3 Å². The summed E-state index contributed by atoms with van der Waals surface area (Å²) in [6.07, 6.45) is 0.0947. The number of para-hydroxylation sites is 1. The zero-order valence-electron chi connectivity index (χ0n) is 12.6. The molecule has 4 nitrogen and oxygen atoms in total. The third-order valence-electron chi connectivity index (χ3n) is 3.78. The molecule has 0 aliphatic carbocycles. The van der Waals surface area contributed by atoms with Crippen molar-refractivity contribution in [1.82, 2.24) is 4.90 Å². The average molecular weight is 279 g/mol. The molecule has 112 valence electrons. The molecule has 1 unspecified atom stereocenters. The maximum Gasteiger partial charge on any atom is 0.127 e. The Morgan fingerprint density at radius 2 is 2.25 bits per heavy atom. The van der Waals surface area contributed by atoms with Crippen molar-refractivity contribution < 1.29 is 14.6 Å². The van der Waals surface area contributed by atoms with Crippen molar-refractivity contribution >= 4 is 0 Å². The molecule has 0 amide bonds. The Labute approximate surface area is 121 Å². The molecule has 1 fully saturated rings. The molecule has 0 spiro atoms. The third kappa shape index (κ3) is 3.72. The Hall–Kier alpha value is -1.10. The molecule has 1 aromatic rings. The van der Waals surface area contributed by atoms with Crippen molar-refractivity contribution in [2.45, 2.75) is 39.5 Å². The molecule has 1 aromatic carbocycles. The molecule has 4 heteroatoms. The number of aliphatic hydroxyl groups is 1. The van der Waals surface area contributed by atoms with Crippen molar-refractivity contribution in [1.29, 1.82) is 0 Å². The van der Waals surface area contributed by atoms with E-state index in [1.165, 1.54) is 0 Å². The minimum atomic E-state index is 0.000651. The highest BCUT2D eigenvalue weighted by atomic mass is 16.5. The largest absolute Gasteiger partial charge is 0.490 e. The van der Waals surface area contributed by atoms with Gasteiger partial charge in [0.15, 0.2) is 0 Å². The number of rotatable bonds is 5. The second-order valence-corrected chi connectivity index (χ2v) is 5.61. The van der Waals surface area contributed by atoms with Gasteiger partial charge in [0, 0.05) is 24.7 Å². The summed E-state index contributed by atoms with van der Waals surface area (Å²) in [6, 6.07) is 6.36. The molecule has 0 saturated carbocycles. The predicted octanol–water partition coefficient (Wildman–Crippen LogP) is 1.98. The van der Waals surface area contributed by atoms with Gasteiger partial charge in [0.1, 0.15) is 18.5 Å². The van der Waals surface area contributed by atoms with Crippen molar-refractivity contribution in [3.8, 4) is 5.75 Å². The maximum absolute atomic E-state index is 9.38. The second-order valence-electron chi connectivity index (χ2n) is 5.61. The Kier molecular flexibility index (Phi) is 5.40. The van der Waals surface area contributed by atoms with Crippen molar-refractivity contribution in [3.05, 3.63) is 29.3 Å². The first-order valence-electron chi connectivity index (χ1n) is 7.29. The second kappa shape index (κ2) is 7.07. The third-order valence-corrected chi connectivity index (χ3v) is 3.78. The lowest BCUT2D eigenvalue weighted by Gasteiger charge is -2.35. The van der Waals surface area contributed by atoms with Crippen LogP contribution in [0.2, 0.25) is 0 Å².